The molecule has 7 nitrogen and oxygen atoms in total. The van der Waals surface area contributed by atoms with E-state index in [-0.39, 0.29) is 18.9 Å². The van der Waals surface area contributed by atoms with Gasteiger partial charge in [-0.2, -0.15) is 0 Å². The van der Waals surface area contributed by atoms with Crippen molar-refractivity contribution in [3.05, 3.63) is 65.7 Å². The highest BCUT2D eigenvalue weighted by molar-refractivity contribution is 5.98. The predicted molar refractivity (Wildman–Crippen MR) is 96.2 cm³/mol. The molecule has 0 saturated carbocycles. The van der Waals surface area contributed by atoms with Crippen molar-refractivity contribution in [2.24, 2.45) is 0 Å². The second-order valence-electron chi connectivity index (χ2n) is 5.64. The van der Waals surface area contributed by atoms with Crippen molar-refractivity contribution < 1.29 is 28.7 Å². The molecule has 2 aromatic carbocycles. The number of amides is 1. The largest absolute Gasteiger partial charge is 0.456 e. The summed E-state index contributed by atoms with van der Waals surface area (Å²) in [6, 6.07) is 15.0. The molecule has 0 aliphatic heterocycles. The first kappa shape index (κ1) is 19.8. The van der Waals surface area contributed by atoms with E-state index < -0.39 is 24.3 Å². The summed E-state index contributed by atoms with van der Waals surface area (Å²) >= 11 is 0. The number of benzene rings is 2. The summed E-state index contributed by atoms with van der Waals surface area (Å²) in [7, 11) is 0. The van der Waals surface area contributed by atoms with Gasteiger partial charge in [-0.15, -0.1) is 0 Å². The molecule has 0 heterocycles. The van der Waals surface area contributed by atoms with Gasteiger partial charge in [0.15, 0.2) is 12.4 Å². The molecule has 0 aromatic heterocycles. The van der Waals surface area contributed by atoms with E-state index >= 15 is 0 Å². The lowest BCUT2D eigenvalue weighted by Crippen LogP contribution is -2.32. The third-order valence-corrected chi connectivity index (χ3v) is 3.44. The van der Waals surface area contributed by atoms with Crippen molar-refractivity contribution in [3.63, 3.8) is 0 Å². The Balaban J connectivity index is 1.72. The Morgan fingerprint density at radius 2 is 1.59 bits per heavy atom. The van der Waals surface area contributed by atoms with E-state index in [1.807, 2.05) is 30.3 Å². The van der Waals surface area contributed by atoms with Gasteiger partial charge in [0.05, 0.1) is 6.42 Å². The number of Topliss-reactive ketones (excluding diaryl/α,β-unsaturated/α-hetero) is 1. The summed E-state index contributed by atoms with van der Waals surface area (Å²) in [6.45, 7) is 0.516. The molecular weight excluding hydrogens is 350 g/mol. The lowest BCUT2D eigenvalue weighted by Gasteiger charge is -2.07. The van der Waals surface area contributed by atoms with E-state index in [2.05, 4.69) is 5.32 Å². The highest BCUT2D eigenvalue weighted by Crippen LogP contribution is 2.13. The van der Waals surface area contributed by atoms with E-state index in [0.717, 1.165) is 5.56 Å². The zero-order valence-corrected chi connectivity index (χ0v) is 14.8. The molecule has 0 spiro atoms. The monoisotopic (exact) mass is 369 g/mol. The fourth-order valence-electron chi connectivity index (χ4n) is 2.17. The molecule has 0 atom stereocenters. The third kappa shape index (κ3) is 7.11. The number of ketones is 1. The Bertz CT molecular complexity index is 814. The fraction of sp³-hybridized carbons (Fsp3) is 0.200. The maximum atomic E-state index is 12.0. The molecule has 1 N–H and O–H groups in total. The van der Waals surface area contributed by atoms with E-state index in [0.29, 0.717) is 11.3 Å². The molecule has 0 bridgehead atoms. The van der Waals surface area contributed by atoms with Crippen LogP contribution in [0.25, 0.3) is 0 Å². The van der Waals surface area contributed by atoms with Crippen molar-refractivity contribution in [3.8, 4) is 5.75 Å². The minimum atomic E-state index is -0.707. The van der Waals surface area contributed by atoms with Crippen LogP contribution in [0.5, 0.6) is 5.75 Å². The second kappa shape index (κ2) is 9.86. The molecule has 140 valence electrons. The summed E-state index contributed by atoms with van der Waals surface area (Å²) in [4.78, 5) is 46.3. The number of nitrogens with one attached hydrogen (secondary N) is 1. The van der Waals surface area contributed by atoms with Gasteiger partial charge in [0.25, 0.3) is 0 Å². The van der Waals surface area contributed by atoms with Gasteiger partial charge in [-0.1, -0.05) is 30.3 Å². The van der Waals surface area contributed by atoms with Crippen molar-refractivity contribution in [1.29, 1.82) is 0 Å². The van der Waals surface area contributed by atoms with Gasteiger partial charge in [-0.25, -0.2) is 0 Å². The standard InChI is InChI=1S/C20H19NO6/c1-14(22)27-17-9-7-16(8-10-17)18(23)13-26-20(25)12-21-19(24)11-15-5-3-2-4-6-15/h2-10H,11-13H2,1H3,(H,21,24). The van der Waals surface area contributed by atoms with Crippen molar-refractivity contribution in [2.75, 3.05) is 13.2 Å². The van der Waals surface area contributed by atoms with E-state index in [1.54, 1.807) is 0 Å². The minimum Gasteiger partial charge on any atom is -0.456 e. The predicted octanol–water partition coefficient (Wildman–Crippen LogP) is 1.70. The number of esters is 2. The van der Waals surface area contributed by atoms with Crippen LogP contribution < -0.4 is 10.1 Å². The number of ether oxygens (including phenoxy) is 2. The van der Waals surface area contributed by atoms with Crippen LogP contribution in [0.2, 0.25) is 0 Å². The molecule has 7 heteroatoms. The van der Waals surface area contributed by atoms with Crippen LogP contribution in [0.3, 0.4) is 0 Å². The van der Waals surface area contributed by atoms with Crippen LogP contribution in [-0.2, 0) is 25.5 Å². The lowest BCUT2D eigenvalue weighted by molar-refractivity contribution is -0.142. The van der Waals surface area contributed by atoms with Gasteiger partial charge in [0.1, 0.15) is 12.3 Å². The molecule has 27 heavy (non-hydrogen) atoms. The topological polar surface area (TPSA) is 98.8 Å². The molecule has 2 aromatic rings. The van der Waals surface area contributed by atoms with Gasteiger partial charge in [0, 0.05) is 12.5 Å². The molecule has 0 fully saturated rings. The highest BCUT2D eigenvalue weighted by atomic mass is 16.5. The van der Waals surface area contributed by atoms with Crippen LogP contribution in [-0.4, -0.2) is 36.8 Å². The smallest absolute Gasteiger partial charge is 0.325 e. The first-order valence-electron chi connectivity index (χ1n) is 8.22. The van der Waals surface area contributed by atoms with Crippen molar-refractivity contribution >= 4 is 23.6 Å². The third-order valence-electron chi connectivity index (χ3n) is 3.44. The molecule has 0 aliphatic carbocycles. The first-order valence-corrected chi connectivity index (χ1v) is 8.22. The summed E-state index contributed by atoms with van der Waals surface area (Å²) in [5.41, 5.74) is 1.14. The number of hydrogen-bond donors (Lipinski definition) is 1. The fourth-order valence-corrected chi connectivity index (χ4v) is 2.17. The number of carbonyl (C=O) groups excluding carboxylic acids is 4. The van der Waals surface area contributed by atoms with E-state index in [4.69, 9.17) is 9.47 Å². The molecule has 2 rings (SSSR count). The summed E-state index contributed by atoms with van der Waals surface area (Å²) in [6.07, 6.45) is 0.154. The first-order chi connectivity index (χ1) is 12.9. The Kier molecular flexibility index (Phi) is 7.25. The average molecular weight is 369 g/mol. The summed E-state index contributed by atoms with van der Waals surface area (Å²) in [5, 5.41) is 2.45. The lowest BCUT2D eigenvalue weighted by atomic mass is 10.1. The van der Waals surface area contributed by atoms with Crippen LogP contribution >= 0.6 is 0 Å². The normalized spacial score (nSPS) is 9.96. The number of carbonyl (C=O) groups is 4. The zero-order valence-electron chi connectivity index (χ0n) is 14.8. The molecule has 0 saturated heterocycles. The van der Waals surface area contributed by atoms with Crippen LogP contribution in [0.15, 0.2) is 54.6 Å². The van der Waals surface area contributed by atoms with Crippen LogP contribution in [0, 0.1) is 0 Å². The van der Waals surface area contributed by atoms with E-state index in [9.17, 15) is 19.2 Å². The second-order valence-corrected chi connectivity index (χ2v) is 5.64. The SMILES string of the molecule is CC(=O)Oc1ccc(C(=O)COC(=O)CNC(=O)Cc2ccccc2)cc1. The van der Waals surface area contributed by atoms with Crippen LogP contribution in [0.1, 0.15) is 22.8 Å². The van der Waals surface area contributed by atoms with Crippen LogP contribution in [0.4, 0.5) is 0 Å². The zero-order chi connectivity index (χ0) is 19.6. The maximum Gasteiger partial charge on any atom is 0.325 e. The minimum absolute atomic E-state index is 0.154. The molecule has 0 unspecified atom stereocenters. The number of rotatable bonds is 8. The van der Waals surface area contributed by atoms with Gasteiger partial charge >= 0.3 is 11.9 Å². The molecule has 0 radical (unpaired) electrons. The quantitative estimate of drug-likeness (QED) is 0.432. The van der Waals surface area contributed by atoms with Crippen molar-refractivity contribution in [2.45, 2.75) is 13.3 Å². The highest BCUT2D eigenvalue weighted by Gasteiger charge is 2.12. The average Bonchev–Trinajstić information content (AvgIpc) is 2.65. The Morgan fingerprint density at radius 3 is 2.22 bits per heavy atom. The molecule has 1 amide bonds. The van der Waals surface area contributed by atoms with Gasteiger partial charge in [-0.05, 0) is 29.8 Å². The maximum absolute atomic E-state index is 12.0. The van der Waals surface area contributed by atoms with Gasteiger partial charge in [0.2, 0.25) is 5.91 Å². The summed E-state index contributed by atoms with van der Waals surface area (Å²) in [5.74, 6) is -1.57. The Hall–Kier alpha value is -3.48. The van der Waals surface area contributed by atoms with Gasteiger partial charge < -0.3 is 14.8 Å². The Labute approximate surface area is 156 Å². The van der Waals surface area contributed by atoms with Gasteiger partial charge in [-0.3, -0.25) is 19.2 Å². The van der Waals surface area contributed by atoms with Crippen molar-refractivity contribution in [1.82, 2.24) is 5.32 Å². The molecular formula is C20H19NO6. The Morgan fingerprint density at radius 1 is 0.926 bits per heavy atom. The summed E-state index contributed by atoms with van der Waals surface area (Å²) < 4.78 is 9.73. The number of hydrogen-bond acceptors (Lipinski definition) is 6. The van der Waals surface area contributed by atoms with E-state index in [1.165, 1.54) is 31.2 Å². The molecule has 0 aliphatic rings.